The third kappa shape index (κ3) is 2.63. The van der Waals surface area contributed by atoms with Gasteiger partial charge in [0.25, 0.3) is 6.26 Å². The Balaban J connectivity index is 2.35. The molecule has 11 heavy (non-hydrogen) atoms. The number of nitrogens with zero attached hydrogens (tertiary/aromatic N) is 1. The van der Waals surface area contributed by atoms with Gasteiger partial charge in [-0.15, -0.1) is 0 Å². The summed E-state index contributed by atoms with van der Waals surface area (Å²) in [6.45, 7) is 0. The van der Waals surface area contributed by atoms with E-state index in [4.69, 9.17) is 9.92 Å². The van der Waals surface area contributed by atoms with Crippen molar-refractivity contribution >= 4 is 7.69 Å². The van der Waals surface area contributed by atoms with E-state index in [-0.39, 0.29) is 0 Å². The van der Waals surface area contributed by atoms with Gasteiger partial charge in [-0.05, 0) is 12.1 Å². The molecule has 0 atom stereocenters. The SMILES string of the molecule is N#CO[B]Oc1ccccc1. The molecule has 0 unspecified atom stereocenters. The Labute approximate surface area is 65.5 Å². The third-order valence-corrected chi connectivity index (χ3v) is 1.03. The molecule has 3 nitrogen and oxygen atoms in total. The first-order valence-corrected chi connectivity index (χ1v) is 3.01. The van der Waals surface area contributed by atoms with Crippen LogP contribution in [0.5, 0.6) is 5.75 Å². The predicted molar refractivity (Wildman–Crippen MR) is 39.5 cm³/mol. The lowest BCUT2D eigenvalue weighted by molar-refractivity contribution is 0.429. The van der Waals surface area contributed by atoms with E-state index >= 15 is 0 Å². The molecule has 1 aromatic carbocycles. The molecule has 0 bridgehead atoms. The highest BCUT2D eigenvalue weighted by molar-refractivity contribution is 6.19. The minimum atomic E-state index is 0.641. The number of rotatable bonds is 3. The molecular weight excluding hydrogens is 141 g/mol. The first-order valence-electron chi connectivity index (χ1n) is 3.01. The van der Waals surface area contributed by atoms with E-state index in [0.29, 0.717) is 5.75 Å². The van der Waals surface area contributed by atoms with Crippen molar-refractivity contribution in [2.24, 2.45) is 0 Å². The van der Waals surface area contributed by atoms with E-state index in [0.717, 1.165) is 7.69 Å². The van der Waals surface area contributed by atoms with Gasteiger partial charge in [0.2, 0.25) is 0 Å². The topological polar surface area (TPSA) is 42.2 Å². The smallest absolute Gasteiger partial charge is 0.526 e. The van der Waals surface area contributed by atoms with Gasteiger partial charge in [-0.25, -0.2) is 0 Å². The predicted octanol–water partition coefficient (Wildman–Crippen LogP) is 1.10. The van der Waals surface area contributed by atoms with Gasteiger partial charge in [0.1, 0.15) is 5.75 Å². The van der Waals surface area contributed by atoms with Crippen LogP contribution in [0, 0.1) is 11.5 Å². The molecule has 1 rings (SSSR count). The zero-order valence-electron chi connectivity index (χ0n) is 5.73. The standard InChI is InChI=1S/C7H5BNO2/c9-6-10-8-11-7-4-2-1-3-5-7/h1-5H. The van der Waals surface area contributed by atoms with Crippen LogP contribution >= 0.6 is 0 Å². The Morgan fingerprint density at radius 3 is 2.64 bits per heavy atom. The van der Waals surface area contributed by atoms with Crippen LogP contribution in [0.2, 0.25) is 0 Å². The van der Waals surface area contributed by atoms with Crippen LogP contribution in [0.4, 0.5) is 0 Å². The van der Waals surface area contributed by atoms with Gasteiger partial charge >= 0.3 is 7.69 Å². The van der Waals surface area contributed by atoms with Crippen molar-refractivity contribution < 1.29 is 9.31 Å². The molecule has 0 saturated heterocycles. The zero-order chi connectivity index (χ0) is 7.94. The second-order valence-electron chi connectivity index (χ2n) is 1.74. The van der Waals surface area contributed by atoms with E-state index in [1.165, 1.54) is 6.26 Å². The highest BCUT2D eigenvalue weighted by Crippen LogP contribution is 2.06. The summed E-state index contributed by atoms with van der Waals surface area (Å²) in [7, 11) is 0.981. The van der Waals surface area contributed by atoms with Crippen molar-refractivity contribution in [1.29, 1.82) is 5.26 Å². The van der Waals surface area contributed by atoms with Crippen LogP contribution in [0.3, 0.4) is 0 Å². The summed E-state index contributed by atoms with van der Waals surface area (Å²) in [5.74, 6) is 0.641. The van der Waals surface area contributed by atoms with Crippen LogP contribution < -0.4 is 4.65 Å². The van der Waals surface area contributed by atoms with Crippen LogP contribution in [-0.4, -0.2) is 7.69 Å². The van der Waals surface area contributed by atoms with E-state index < -0.39 is 0 Å². The summed E-state index contributed by atoms with van der Waals surface area (Å²) < 4.78 is 9.07. The minimum Gasteiger partial charge on any atom is -0.526 e. The molecule has 1 radical (unpaired) electrons. The summed E-state index contributed by atoms with van der Waals surface area (Å²) in [5.41, 5.74) is 0. The molecule has 0 fully saturated rings. The van der Waals surface area contributed by atoms with E-state index in [9.17, 15) is 0 Å². The Morgan fingerprint density at radius 1 is 1.27 bits per heavy atom. The summed E-state index contributed by atoms with van der Waals surface area (Å²) in [4.78, 5) is 0. The molecule has 0 amide bonds. The number of nitriles is 1. The molecule has 0 aliphatic carbocycles. The molecule has 0 spiro atoms. The number of benzene rings is 1. The maximum atomic E-state index is 7.96. The molecule has 4 heteroatoms. The molecule has 0 aliphatic heterocycles. The van der Waals surface area contributed by atoms with Crippen LogP contribution in [0.1, 0.15) is 0 Å². The molecule has 0 N–H and O–H groups in total. The fourth-order valence-electron chi connectivity index (χ4n) is 0.600. The van der Waals surface area contributed by atoms with Crippen molar-refractivity contribution in [1.82, 2.24) is 0 Å². The number of hydrogen-bond donors (Lipinski definition) is 0. The summed E-state index contributed by atoms with van der Waals surface area (Å²) in [6, 6.07) is 9.05. The number of para-hydroxylation sites is 1. The van der Waals surface area contributed by atoms with Crippen LogP contribution in [0.15, 0.2) is 30.3 Å². The first-order chi connectivity index (χ1) is 5.43. The lowest BCUT2D eigenvalue weighted by Gasteiger charge is -1.98. The van der Waals surface area contributed by atoms with Gasteiger partial charge in [-0.2, -0.15) is 5.26 Å². The Morgan fingerprint density at radius 2 is 2.00 bits per heavy atom. The van der Waals surface area contributed by atoms with Crippen LogP contribution in [0.25, 0.3) is 0 Å². The van der Waals surface area contributed by atoms with Gasteiger partial charge in [0.05, 0.1) is 0 Å². The molecule has 0 aliphatic rings. The third-order valence-electron chi connectivity index (χ3n) is 1.03. The largest absolute Gasteiger partial charge is 0.668 e. The molecule has 0 aromatic heterocycles. The lowest BCUT2D eigenvalue weighted by Crippen LogP contribution is -2.03. The molecule has 0 heterocycles. The summed E-state index contributed by atoms with van der Waals surface area (Å²) >= 11 is 0. The average Bonchev–Trinajstić information content (AvgIpc) is 2.07. The van der Waals surface area contributed by atoms with Crippen molar-refractivity contribution in [3.63, 3.8) is 0 Å². The Kier molecular flexibility index (Phi) is 2.88. The lowest BCUT2D eigenvalue weighted by atomic mass is 10.3. The van der Waals surface area contributed by atoms with Gasteiger partial charge in [-0.3, -0.25) is 0 Å². The quantitative estimate of drug-likeness (QED) is 0.364. The van der Waals surface area contributed by atoms with Crippen molar-refractivity contribution in [2.45, 2.75) is 0 Å². The van der Waals surface area contributed by atoms with Gasteiger partial charge < -0.3 is 9.31 Å². The second-order valence-corrected chi connectivity index (χ2v) is 1.74. The summed E-state index contributed by atoms with van der Waals surface area (Å²) in [5, 5.41) is 7.96. The minimum absolute atomic E-state index is 0.641. The van der Waals surface area contributed by atoms with Crippen LogP contribution in [-0.2, 0) is 4.65 Å². The van der Waals surface area contributed by atoms with Crippen molar-refractivity contribution in [2.75, 3.05) is 0 Å². The number of hydrogen-bond acceptors (Lipinski definition) is 3. The normalized spacial score (nSPS) is 7.91. The first kappa shape index (κ1) is 7.48. The molecule has 53 valence electrons. The highest BCUT2D eigenvalue weighted by atomic mass is 16.6. The Hall–Kier alpha value is -1.63. The fraction of sp³-hybridized carbons (Fsp3) is 0. The van der Waals surface area contributed by atoms with E-state index in [1.807, 2.05) is 18.2 Å². The molecular formula is C7H5BNO2. The Bertz CT molecular complexity index is 244. The van der Waals surface area contributed by atoms with Gasteiger partial charge in [-0.1, -0.05) is 18.2 Å². The zero-order valence-corrected chi connectivity index (χ0v) is 5.73. The summed E-state index contributed by atoms with van der Waals surface area (Å²) in [6.07, 6.45) is 1.46. The van der Waals surface area contributed by atoms with Crippen molar-refractivity contribution in [3.05, 3.63) is 30.3 Å². The fourth-order valence-corrected chi connectivity index (χ4v) is 0.600. The monoisotopic (exact) mass is 146 g/mol. The van der Waals surface area contributed by atoms with E-state index in [2.05, 4.69) is 4.65 Å². The van der Waals surface area contributed by atoms with Crippen molar-refractivity contribution in [3.8, 4) is 12.0 Å². The van der Waals surface area contributed by atoms with Gasteiger partial charge in [0.15, 0.2) is 0 Å². The highest BCUT2D eigenvalue weighted by Gasteiger charge is 1.95. The molecule has 1 aromatic rings. The molecule has 0 saturated carbocycles. The second kappa shape index (κ2) is 4.23. The maximum Gasteiger partial charge on any atom is 0.668 e. The van der Waals surface area contributed by atoms with Gasteiger partial charge in [0, 0.05) is 0 Å². The van der Waals surface area contributed by atoms with E-state index in [1.54, 1.807) is 12.1 Å². The maximum absolute atomic E-state index is 7.96. The average molecular weight is 146 g/mol.